The van der Waals surface area contributed by atoms with Crippen molar-refractivity contribution < 1.29 is 14.4 Å². The molecule has 2 aliphatic heterocycles. The number of nitrogens with one attached hydrogen (secondary N) is 2. The summed E-state index contributed by atoms with van der Waals surface area (Å²) < 4.78 is 0. The van der Waals surface area contributed by atoms with Crippen LogP contribution in [0.2, 0.25) is 0 Å². The van der Waals surface area contributed by atoms with Gasteiger partial charge in [0.15, 0.2) is 0 Å². The van der Waals surface area contributed by atoms with Gasteiger partial charge in [0, 0.05) is 89.7 Å². The maximum atomic E-state index is 12.5. The summed E-state index contributed by atoms with van der Waals surface area (Å²) >= 11 is 0. The van der Waals surface area contributed by atoms with E-state index in [-0.39, 0.29) is 43.8 Å². The van der Waals surface area contributed by atoms with Gasteiger partial charge in [-0.3, -0.25) is 9.59 Å². The van der Waals surface area contributed by atoms with Gasteiger partial charge in [0.05, 0.1) is 0 Å². The Morgan fingerprint density at radius 3 is 1.28 bits per heavy atom. The van der Waals surface area contributed by atoms with Crippen LogP contribution in [0.1, 0.15) is 12.8 Å². The van der Waals surface area contributed by atoms with Gasteiger partial charge in [-0.05, 0) is 24.3 Å². The first-order chi connectivity index (χ1) is 17.6. The fourth-order valence-corrected chi connectivity index (χ4v) is 4.65. The topological polar surface area (TPSA) is 88.2 Å². The van der Waals surface area contributed by atoms with Crippen LogP contribution in [-0.2, 0) is 9.59 Å². The van der Waals surface area contributed by atoms with E-state index in [4.69, 9.17) is 0 Å². The van der Waals surface area contributed by atoms with Gasteiger partial charge < -0.3 is 30.2 Å². The lowest BCUT2D eigenvalue weighted by Crippen LogP contribution is -2.50. The van der Waals surface area contributed by atoms with Crippen molar-refractivity contribution in [3.05, 3.63) is 60.7 Å². The smallest absolute Gasteiger partial charge is 0.314 e. The summed E-state index contributed by atoms with van der Waals surface area (Å²) in [5.41, 5.74) is 2.35. The minimum Gasteiger partial charge on any atom is -0.368 e. The van der Waals surface area contributed by atoms with Gasteiger partial charge >= 0.3 is 6.03 Å². The van der Waals surface area contributed by atoms with Gasteiger partial charge in [-0.2, -0.15) is 0 Å². The monoisotopic (exact) mass is 492 g/mol. The molecule has 4 rings (SSSR count). The zero-order valence-corrected chi connectivity index (χ0v) is 20.8. The first kappa shape index (κ1) is 25.3. The third kappa shape index (κ3) is 7.13. The summed E-state index contributed by atoms with van der Waals surface area (Å²) in [6, 6.07) is 20.1. The average molecular weight is 493 g/mol. The number of hydrogen-bond donors (Lipinski definition) is 2. The van der Waals surface area contributed by atoms with E-state index >= 15 is 0 Å². The lowest BCUT2D eigenvalue weighted by molar-refractivity contribution is -0.132. The molecular formula is C27H36N6O3. The second-order valence-corrected chi connectivity index (χ2v) is 9.09. The van der Waals surface area contributed by atoms with Crippen molar-refractivity contribution in [2.24, 2.45) is 0 Å². The van der Waals surface area contributed by atoms with Crippen molar-refractivity contribution in [3.63, 3.8) is 0 Å². The van der Waals surface area contributed by atoms with Gasteiger partial charge in [-0.15, -0.1) is 0 Å². The number of piperazine rings is 2. The Kier molecular flexibility index (Phi) is 9.02. The highest BCUT2D eigenvalue weighted by atomic mass is 16.2. The Morgan fingerprint density at radius 1 is 0.556 bits per heavy atom. The van der Waals surface area contributed by atoms with E-state index in [0.29, 0.717) is 26.2 Å². The molecule has 0 unspecified atom stereocenters. The fraction of sp³-hybridized carbons (Fsp3) is 0.444. The van der Waals surface area contributed by atoms with Crippen molar-refractivity contribution in [1.29, 1.82) is 0 Å². The molecule has 0 radical (unpaired) electrons. The van der Waals surface area contributed by atoms with E-state index in [1.807, 2.05) is 46.2 Å². The standard InChI is InChI=1S/C27H36N6O3/c34-25(32-19-15-30(16-20-32)23-7-3-1-4-8-23)11-13-28-27(36)29-14-12-26(35)33-21-17-31(18-22-33)24-9-5-2-6-10-24/h1-10H,11-22H2,(H2,28,29,36). The summed E-state index contributed by atoms with van der Waals surface area (Å²) in [6.07, 6.45) is 0.534. The largest absolute Gasteiger partial charge is 0.368 e. The number of hydrogen-bond acceptors (Lipinski definition) is 5. The van der Waals surface area contributed by atoms with Crippen LogP contribution in [0.25, 0.3) is 0 Å². The third-order valence-corrected chi connectivity index (χ3v) is 6.76. The van der Waals surface area contributed by atoms with Gasteiger partial charge in [-0.1, -0.05) is 36.4 Å². The molecule has 2 aromatic rings. The minimum absolute atomic E-state index is 0.0489. The number of carbonyl (C=O) groups is 3. The molecule has 0 aliphatic carbocycles. The first-order valence-electron chi connectivity index (χ1n) is 12.8. The van der Waals surface area contributed by atoms with Crippen molar-refractivity contribution in [2.75, 3.05) is 75.2 Å². The Morgan fingerprint density at radius 2 is 0.917 bits per heavy atom. The summed E-state index contributed by atoms with van der Waals surface area (Å²) in [4.78, 5) is 45.3. The van der Waals surface area contributed by atoms with E-state index in [2.05, 4.69) is 44.7 Å². The van der Waals surface area contributed by atoms with Crippen LogP contribution >= 0.6 is 0 Å². The van der Waals surface area contributed by atoms with Crippen LogP contribution in [0, 0.1) is 0 Å². The molecule has 4 amide bonds. The highest BCUT2D eigenvalue weighted by Gasteiger charge is 2.22. The molecule has 9 nitrogen and oxygen atoms in total. The van der Waals surface area contributed by atoms with Gasteiger partial charge in [-0.25, -0.2) is 4.79 Å². The molecule has 0 aromatic heterocycles. The molecule has 0 saturated carbocycles. The van der Waals surface area contributed by atoms with Gasteiger partial charge in [0.2, 0.25) is 11.8 Å². The fourth-order valence-electron chi connectivity index (χ4n) is 4.65. The Hall–Kier alpha value is -3.75. The highest BCUT2D eigenvalue weighted by molar-refractivity contribution is 5.80. The molecule has 2 heterocycles. The van der Waals surface area contributed by atoms with Crippen molar-refractivity contribution in [2.45, 2.75) is 12.8 Å². The van der Waals surface area contributed by atoms with Crippen LogP contribution in [0.5, 0.6) is 0 Å². The molecule has 36 heavy (non-hydrogen) atoms. The van der Waals surface area contributed by atoms with Crippen LogP contribution in [0.4, 0.5) is 16.2 Å². The van der Waals surface area contributed by atoms with Crippen molar-refractivity contribution in [1.82, 2.24) is 20.4 Å². The zero-order valence-electron chi connectivity index (χ0n) is 20.8. The van der Waals surface area contributed by atoms with Crippen LogP contribution in [0.15, 0.2) is 60.7 Å². The Bertz CT molecular complexity index is 908. The van der Waals surface area contributed by atoms with Crippen molar-refractivity contribution >= 4 is 29.2 Å². The number of amides is 4. The Balaban J connectivity index is 1.05. The molecular weight excluding hydrogens is 456 g/mol. The second-order valence-electron chi connectivity index (χ2n) is 9.09. The lowest BCUT2D eigenvalue weighted by atomic mass is 10.2. The number of anilines is 2. The van der Waals surface area contributed by atoms with E-state index in [1.54, 1.807) is 0 Å². The van der Waals surface area contributed by atoms with Gasteiger partial charge in [0.25, 0.3) is 0 Å². The SMILES string of the molecule is O=C(NCCC(=O)N1CCN(c2ccccc2)CC1)NCCC(=O)N1CCN(c2ccccc2)CC1. The number of rotatable bonds is 8. The van der Waals surface area contributed by atoms with Crippen molar-refractivity contribution in [3.8, 4) is 0 Å². The summed E-state index contributed by atoms with van der Waals surface area (Å²) in [7, 11) is 0. The predicted octanol–water partition coefficient (Wildman–Crippen LogP) is 1.76. The minimum atomic E-state index is -0.349. The molecule has 0 bridgehead atoms. The zero-order chi connectivity index (χ0) is 25.2. The number of benzene rings is 2. The first-order valence-corrected chi connectivity index (χ1v) is 12.8. The van der Waals surface area contributed by atoms with E-state index in [0.717, 1.165) is 26.2 Å². The summed E-state index contributed by atoms with van der Waals surface area (Å²) in [5, 5.41) is 5.45. The molecule has 2 N–H and O–H groups in total. The van der Waals surface area contributed by atoms with E-state index in [1.165, 1.54) is 11.4 Å². The highest BCUT2D eigenvalue weighted by Crippen LogP contribution is 2.17. The number of carbonyl (C=O) groups excluding carboxylic acids is 3. The molecule has 2 aliphatic rings. The molecule has 2 fully saturated rings. The molecule has 2 aromatic carbocycles. The van der Waals surface area contributed by atoms with Crippen LogP contribution in [0.3, 0.4) is 0 Å². The number of urea groups is 1. The summed E-state index contributed by atoms with van der Waals surface area (Å²) in [5.74, 6) is 0.0978. The lowest BCUT2D eigenvalue weighted by Gasteiger charge is -2.36. The number of para-hydroxylation sites is 2. The van der Waals surface area contributed by atoms with Gasteiger partial charge in [0.1, 0.15) is 0 Å². The molecule has 9 heteroatoms. The summed E-state index contributed by atoms with van der Waals surface area (Å²) in [6.45, 7) is 6.50. The predicted molar refractivity (Wildman–Crippen MR) is 141 cm³/mol. The number of nitrogens with zero attached hydrogens (tertiary/aromatic N) is 4. The van der Waals surface area contributed by atoms with Crippen LogP contribution in [-0.4, -0.2) is 93.1 Å². The quantitative estimate of drug-likeness (QED) is 0.587. The molecule has 0 spiro atoms. The maximum absolute atomic E-state index is 12.5. The van der Waals surface area contributed by atoms with E-state index < -0.39 is 0 Å². The molecule has 192 valence electrons. The van der Waals surface area contributed by atoms with E-state index in [9.17, 15) is 14.4 Å². The Labute approximate surface area is 213 Å². The molecule has 0 atom stereocenters. The third-order valence-electron chi connectivity index (χ3n) is 6.76. The maximum Gasteiger partial charge on any atom is 0.314 e. The van der Waals surface area contributed by atoms with Crippen LogP contribution < -0.4 is 20.4 Å². The second kappa shape index (κ2) is 12.8. The normalized spacial score (nSPS) is 16.0. The average Bonchev–Trinajstić information content (AvgIpc) is 2.94. The molecule has 2 saturated heterocycles.